The summed E-state index contributed by atoms with van der Waals surface area (Å²) in [5.74, 6) is 0.559. The zero-order valence-electron chi connectivity index (χ0n) is 20.4. The zero-order chi connectivity index (χ0) is 27.8. The standard InChI is InChI=1S/C28H22N4O7/c33-27(17-19-1-9-23(10-2-19)31(35)36)29-21-5-13-25(14-6-21)39-26-15-7-22(8-16-26)30-28(34)18-20-3-11-24(12-4-20)32(37)38/h1-16H,17-18H2,(H,29,33)(H,30,34). The van der Waals surface area contributed by atoms with Crippen molar-refractivity contribution in [1.29, 1.82) is 0 Å². The van der Waals surface area contributed by atoms with Crippen LogP contribution in [0.2, 0.25) is 0 Å². The summed E-state index contributed by atoms with van der Waals surface area (Å²) in [7, 11) is 0. The van der Waals surface area contributed by atoms with Crippen LogP contribution in [0.25, 0.3) is 0 Å². The Morgan fingerprint density at radius 2 is 0.897 bits per heavy atom. The summed E-state index contributed by atoms with van der Waals surface area (Å²) in [6.07, 6.45) is 0.153. The van der Waals surface area contributed by atoms with Crippen molar-refractivity contribution in [3.05, 3.63) is 128 Å². The van der Waals surface area contributed by atoms with Crippen molar-refractivity contribution in [3.8, 4) is 11.5 Å². The summed E-state index contributed by atoms with van der Waals surface area (Å²) in [6, 6.07) is 25.2. The van der Waals surface area contributed by atoms with E-state index in [0.717, 1.165) is 0 Å². The van der Waals surface area contributed by atoms with Crippen molar-refractivity contribution in [2.24, 2.45) is 0 Å². The minimum absolute atomic E-state index is 0.0335. The molecule has 11 nitrogen and oxygen atoms in total. The number of hydrogen-bond acceptors (Lipinski definition) is 7. The first-order valence-corrected chi connectivity index (χ1v) is 11.7. The molecule has 0 bridgehead atoms. The number of carbonyl (C=O) groups is 2. The second-order valence-corrected chi connectivity index (χ2v) is 8.45. The van der Waals surface area contributed by atoms with Gasteiger partial charge in [0.15, 0.2) is 0 Å². The van der Waals surface area contributed by atoms with Gasteiger partial charge in [0.1, 0.15) is 11.5 Å². The molecule has 0 aliphatic heterocycles. The fraction of sp³-hybridized carbons (Fsp3) is 0.0714. The number of amides is 2. The molecular weight excluding hydrogens is 504 g/mol. The van der Waals surface area contributed by atoms with Crippen LogP contribution in [0.15, 0.2) is 97.1 Å². The largest absolute Gasteiger partial charge is 0.457 e. The highest BCUT2D eigenvalue weighted by Crippen LogP contribution is 2.25. The quantitative estimate of drug-likeness (QED) is 0.200. The summed E-state index contributed by atoms with van der Waals surface area (Å²) in [5, 5.41) is 27.0. The Balaban J connectivity index is 1.25. The number of ether oxygens (including phenoxy) is 1. The highest BCUT2D eigenvalue weighted by Gasteiger charge is 2.10. The van der Waals surface area contributed by atoms with Gasteiger partial charge in [0.25, 0.3) is 11.4 Å². The first-order chi connectivity index (χ1) is 18.7. The van der Waals surface area contributed by atoms with E-state index in [1.807, 2.05) is 0 Å². The van der Waals surface area contributed by atoms with Crippen LogP contribution in [-0.4, -0.2) is 21.7 Å². The molecule has 4 aromatic carbocycles. The SMILES string of the molecule is O=C(Cc1ccc([N+](=O)[O-])cc1)Nc1ccc(Oc2ccc(NC(=O)Cc3ccc([N+](=O)[O-])cc3)cc2)cc1. The van der Waals surface area contributed by atoms with Crippen LogP contribution in [0.1, 0.15) is 11.1 Å². The maximum absolute atomic E-state index is 12.3. The molecule has 0 heterocycles. The van der Waals surface area contributed by atoms with Crippen molar-refractivity contribution < 1.29 is 24.2 Å². The van der Waals surface area contributed by atoms with E-state index in [0.29, 0.717) is 34.0 Å². The molecule has 0 saturated carbocycles. The van der Waals surface area contributed by atoms with Gasteiger partial charge in [-0.3, -0.25) is 29.8 Å². The Morgan fingerprint density at radius 1 is 0.564 bits per heavy atom. The minimum atomic E-state index is -0.493. The van der Waals surface area contributed by atoms with Crippen LogP contribution in [0.4, 0.5) is 22.7 Å². The van der Waals surface area contributed by atoms with E-state index in [4.69, 9.17) is 4.74 Å². The van der Waals surface area contributed by atoms with Crippen molar-refractivity contribution in [2.45, 2.75) is 12.8 Å². The molecule has 2 amide bonds. The number of rotatable bonds is 10. The highest BCUT2D eigenvalue weighted by molar-refractivity contribution is 5.93. The number of carbonyl (C=O) groups excluding carboxylic acids is 2. The van der Waals surface area contributed by atoms with Crippen LogP contribution in [-0.2, 0) is 22.4 Å². The van der Waals surface area contributed by atoms with Gasteiger partial charge in [0.2, 0.25) is 11.8 Å². The average molecular weight is 527 g/mol. The van der Waals surface area contributed by atoms with Gasteiger partial charge >= 0.3 is 0 Å². The fourth-order valence-electron chi connectivity index (χ4n) is 3.60. The highest BCUT2D eigenvalue weighted by atomic mass is 16.6. The molecule has 39 heavy (non-hydrogen) atoms. The normalized spacial score (nSPS) is 10.4. The van der Waals surface area contributed by atoms with E-state index < -0.39 is 9.85 Å². The molecule has 0 aromatic heterocycles. The van der Waals surface area contributed by atoms with Crippen molar-refractivity contribution in [3.63, 3.8) is 0 Å². The van der Waals surface area contributed by atoms with Gasteiger partial charge in [-0.05, 0) is 59.7 Å². The summed E-state index contributed by atoms with van der Waals surface area (Å²) in [6.45, 7) is 0. The zero-order valence-corrected chi connectivity index (χ0v) is 20.4. The lowest BCUT2D eigenvalue weighted by Crippen LogP contribution is -2.14. The molecule has 196 valence electrons. The van der Waals surface area contributed by atoms with Crippen LogP contribution < -0.4 is 15.4 Å². The Labute approximate surface area is 222 Å². The molecule has 0 aliphatic carbocycles. The van der Waals surface area contributed by atoms with Crippen LogP contribution in [0, 0.1) is 20.2 Å². The van der Waals surface area contributed by atoms with Gasteiger partial charge in [-0.2, -0.15) is 0 Å². The molecule has 0 fully saturated rings. The molecule has 0 spiro atoms. The van der Waals surface area contributed by atoms with Crippen LogP contribution in [0.5, 0.6) is 11.5 Å². The van der Waals surface area contributed by atoms with Gasteiger partial charge in [0.05, 0.1) is 22.7 Å². The average Bonchev–Trinajstić information content (AvgIpc) is 2.91. The maximum atomic E-state index is 12.3. The molecule has 0 saturated heterocycles. The number of non-ortho nitro benzene ring substituents is 2. The van der Waals surface area contributed by atoms with Gasteiger partial charge in [-0.25, -0.2) is 0 Å². The van der Waals surface area contributed by atoms with E-state index >= 15 is 0 Å². The molecule has 0 atom stereocenters. The Kier molecular flexibility index (Phi) is 8.22. The summed E-state index contributed by atoms with van der Waals surface area (Å²) in [5.41, 5.74) is 2.39. The second-order valence-electron chi connectivity index (χ2n) is 8.45. The number of nitro benzene ring substituents is 2. The third-order valence-electron chi connectivity index (χ3n) is 5.54. The van der Waals surface area contributed by atoms with E-state index in [2.05, 4.69) is 10.6 Å². The number of nitrogens with one attached hydrogen (secondary N) is 2. The van der Waals surface area contributed by atoms with Gasteiger partial charge in [-0.15, -0.1) is 0 Å². The molecule has 2 N–H and O–H groups in total. The van der Waals surface area contributed by atoms with E-state index in [-0.39, 0.29) is 36.0 Å². The first-order valence-electron chi connectivity index (χ1n) is 11.7. The van der Waals surface area contributed by atoms with Crippen molar-refractivity contribution >= 4 is 34.6 Å². The second kappa shape index (κ2) is 12.1. The minimum Gasteiger partial charge on any atom is -0.457 e. The number of benzene rings is 4. The fourth-order valence-corrected chi connectivity index (χ4v) is 3.60. The first kappa shape index (κ1) is 26.5. The third-order valence-corrected chi connectivity index (χ3v) is 5.54. The molecular formula is C28H22N4O7. The number of nitrogens with zero attached hydrogens (tertiary/aromatic N) is 2. The van der Waals surface area contributed by atoms with E-state index in [1.54, 1.807) is 72.8 Å². The van der Waals surface area contributed by atoms with Gasteiger partial charge in [0, 0.05) is 35.6 Å². The Hall–Kier alpha value is -5.58. The number of anilines is 2. The molecule has 4 aromatic rings. The molecule has 0 aliphatic rings. The van der Waals surface area contributed by atoms with Crippen LogP contribution in [0.3, 0.4) is 0 Å². The number of nitro groups is 2. The predicted molar refractivity (Wildman–Crippen MR) is 144 cm³/mol. The smallest absolute Gasteiger partial charge is 0.269 e. The predicted octanol–water partition coefficient (Wildman–Crippen LogP) is 5.66. The van der Waals surface area contributed by atoms with E-state index in [1.165, 1.54) is 24.3 Å². The van der Waals surface area contributed by atoms with Crippen molar-refractivity contribution in [2.75, 3.05) is 10.6 Å². The lowest BCUT2D eigenvalue weighted by atomic mass is 10.1. The number of hydrogen-bond donors (Lipinski definition) is 2. The third kappa shape index (κ3) is 7.70. The Morgan fingerprint density at radius 3 is 1.21 bits per heavy atom. The lowest BCUT2D eigenvalue weighted by molar-refractivity contribution is -0.385. The maximum Gasteiger partial charge on any atom is 0.269 e. The van der Waals surface area contributed by atoms with Crippen molar-refractivity contribution in [1.82, 2.24) is 0 Å². The summed E-state index contributed by atoms with van der Waals surface area (Å²) >= 11 is 0. The van der Waals surface area contributed by atoms with Gasteiger partial charge < -0.3 is 15.4 Å². The van der Waals surface area contributed by atoms with E-state index in [9.17, 15) is 29.8 Å². The molecule has 0 radical (unpaired) electrons. The Bertz CT molecular complexity index is 1370. The van der Waals surface area contributed by atoms with Gasteiger partial charge in [-0.1, -0.05) is 24.3 Å². The molecule has 0 unspecified atom stereocenters. The van der Waals surface area contributed by atoms with Crippen LogP contribution >= 0.6 is 0 Å². The topological polar surface area (TPSA) is 154 Å². The summed E-state index contributed by atoms with van der Waals surface area (Å²) < 4.78 is 5.82. The molecule has 11 heteroatoms. The molecule has 4 rings (SSSR count). The monoisotopic (exact) mass is 526 g/mol. The lowest BCUT2D eigenvalue weighted by Gasteiger charge is -2.10. The summed E-state index contributed by atoms with van der Waals surface area (Å²) in [4.78, 5) is 45.1.